The maximum absolute atomic E-state index is 11.8. The molecular formula is C18H28N2O2S. The Morgan fingerprint density at radius 1 is 1.13 bits per heavy atom. The molecule has 1 amide bonds. The lowest BCUT2D eigenvalue weighted by atomic mass is 10.1. The van der Waals surface area contributed by atoms with Crippen molar-refractivity contribution >= 4 is 28.9 Å². The molecule has 0 saturated heterocycles. The van der Waals surface area contributed by atoms with E-state index < -0.39 is 0 Å². The molecule has 2 N–H and O–H groups in total. The van der Waals surface area contributed by atoms with E-state index in [0.29, 0.717) is 18.1 Å². The number of anilines is 1. The third-order valence-electron chi connectivity index (χ3n) is 3.33. The average molecular weight is 337 g/mol. The molecule has 0 bridgehead atoms. The number of amides is 1. The van der Waals surface area contributed by atoms with Gasteiger partial charge in [0.2, 0.25) is 5.91 Å². The predicted molar refractivity (Wildman–Crippen MR) is 100.0 cm³/mol. The SMILES string of the molecule is CCCCCCCC(=O)NC(=S)Nc1cccc(OCCC)c1. The second-order valence-corrected chi connectivity index (χ2v) is 5.95. The largest absolute Gasteiger partial charge is 0.494 e. The van der Waals surface area contributed by atoms with Crippen molar-refractivity contribution in [2.24, 2.45) is 0 Å². The van der Waals surface area contributed by atoms with Crippen LogP contribution in [0.5, 0.6) is 5.75 Å². The Kier molecular flexibility index (Phi) is 10.0. The Balaban J connectivity index is 2.31. The van der Waals surface area contributed by atoms with Crippen LogP contribution in [-0.4, -0.2) is 17.6 Å². The smallest absolute Gasteiger partial charge is 0.226 e. The molecule has 0 radical (unpaired) electrons. The fraction of sp³-hybridized carbons (Fsp3) is 0.556. The molecule has 5 heteroatoms. The lowest BCUT2D eigenvalue weighted by Crippen LogP contribution is -2.33. The van der Waals surface area contributed by atoms with E-state index in [0.717, 1.165) is 30.7 Å². The molecule has 0 unspecified atom stereocenters. The van der Waals surface area contributed by atoms with Crippen LogP contribution < -0.4 is 15.4 Å². The van der Waals surface area contributed by atoms with Crippen molar-refractivity contribution in [2.45, 2.75) is 58.8 Å². The van der Waals surface area contributed by atoms with E-state index in [4.69, 9.17) is 17.0 Å². The number of thiocarbonyl (C=S) groups is 1. The molecule has 0 atom stereocenters. The fourth-order valence-corrected chi connectivity index (χ4v) is 2.36. The molecule has 23 heavy (non-hydrogen) atoms. The van der Waals surface area contributed by atoms with Crippen molar-refractivity contribution in [3.8, 4) is 5.75 Å². The molecule has 0 aromatic heterocycles. The first-order valence-electron chi connectivity index (χ1n) is 8.49. The summed E-state index contributed by atoms with van der Waals surface area (Å²) in [6, 6.07) is 7.56. The van der Waals surface area contributed by atoms with E-state index in [1.807, 2.05) is 24.3 Å². The maximum atomic E-state index is 11.8. The van der Waals surface area contributed by atoms with Crippen molar-refractivity contribution in [1.82, 2.24) is 5.32 Å². The Morgan fingerprint density at radius 3 is 2.65 bits per heavy atom. The maximum Gasteiger partial charge on any atom is 0.226 e. The van der Waals surface area contributed by atoms with E-state index in [1.165, 1.54) is 19.3 Å². The summed E-state index contributed by atoms with van der Waals surface area (Å²) in [6.07, 6.45) is 7.12. The Morgan fingerprint density at radius 2 is 1.91 bits per heavy atom. The first kappa shape index (κ1) is 19.4. The van der Waals surface area contributed by atoms with Gasteiger partial charge in [-0.3, -0.25) is 4.79 Å². The van der Waals surface area contributed by atoms with E-state index in [2.05, 4.69) is 24.5 Å². The minimum Gasteiger partial charge on any atom is -0.494 e. The van der Waals surface area contributed by atoms with Crippen molar-refractivity contribution in [2.75, 3.05) is 11.9 Å². The van der Waals surface area contributed by atoms with Gasteiger partial charge in [-0.1, -0.05) is 45.6 Å². The van der Waals surface area contributed by atoms with Gasteiger partial charge in [0.05, 0.1) is 6.61 Å². The highest BCUT2D eigenvalue weighted by molar-refractivity contribution is 7.80. The highest BCUT2D eigenvalue weighted by atomic mass is 32.1. The zero-order valence-electron chi connectivity index (χ0n) is 14.2. The summed E-state index contributed by atoms with van der Waals surface area (Å²) in [7, 11) is 0. The van der Waals surface area contributed by atoms with Crippen molar-refractivity contribution in [3.05, 3.63) is 24.3 Å². The van der Waals surface area contributed by atoms with Crippen LogP contribution in [0.4, 0.5) is 5.69 Å². The number of unbranched alkanes of at least 4 members (excludes halogenated alkanes) is 4. The third-order valence-corrected chi connectivity index (χ3v) is 3.53. The Labute approximate surface area is 145 Å². The highest BCUT2D eigenvalue weighted by Crippen LogP contribution is 2.17. The number of carbonyl (C=O) groups excluding carboxylic acids is 1. The molecule has 1 aromatic carbocycles. The summed E-state index contributed by atoms with van der Waals surface area (Å²) in [6.45, 7) is 4.93. The van der Waals surface area contributed by atoms with Gasteiger partial charge in [0.1, 0.15) is 5.75 Å². The second-order valence-electron chi connectivity index (χ2n) is 5.54. The monoisotopic (exact) mass is 336 g/mol. The van der Waals surface area contributed by atoms with Crippen LogP contribution in [0.25, 0.3) is 0 Å². The number of nitrogens with one attached hydrogen (secondary N) is 2. The van der Waals surface area contributed by atoms with Crippen LogP contribution in [0.1, 0.15) is 58.8 Å². The predicted octanol–water partition coefficient (Wildman–Crippen LogP) is 4.65. The van der Waals surface area contributed by atoms with Crippen LogP contribution in [0.3, 0.4) is 0 Å². The van der Waals surface area contributed by atoms with Gasteiger partial charge in [0.15, 0.2) is 5.11 Å². The van der Waals surface area contributed by atoms with Crippen LogP contribution in [0.15, 0.2) is 24.3 Å². The van der Waals surface area contributed by atoms with Gasteiger partial charge in [-0.05, 0) is 37.2 Å². The minimum atomic E-state index is -0.0302. The summed E-state index contributed by atoms with van der Waals surface area (Å²) < 4.78 is 5.57. The summed E-state index contributed by atoms with van der Waals surface area (Å²) in [5.41, 5.74) is 0.812. The van der Waals surface area contributed by atoms with E-state index >= 15 is 0 Å². The topological polar surface area (TPSA) is 50.4 Å². The first-order valence-corrected chi connectivity index (χ1v) is 8.90. The van der Waals surface area contributed by atoms with E-state index in [-0.39, 0.29) is 5.91 Å². The number of carbonyl (C=O) groups is 1. The van der Waals surface area contributed by atoms with Gasteiger partial charge in [-0.2, -0.15) is 0 Å². The standard InChI is InChI=1S/C18H28N2O2S/c1-3-5-6-7-8-12-17(21)20-18(23)19-15-10-9-11-16(14-15)22-13-4-2/h9-11,14H,3-8,12-13H2,1-2H3,(H2,19,20,21,23). The van der Waals surface area contributed by atoms with E-state index in [9.17, 15) is 4.79 Å². The van der Waals surface area contributed by atoms with Crippen LogP contribution >= 0.6 is 12.2 Å². The molecule has 128 valence electrons. The third kappa shape index (κ3) is 9.18. The van der Waals surface area contributed by atoms with Gasteiger partial charge in [0, 0.05) is 18.2 Å². The Hall–Kier alpha value is -1.62. The quantitative estimate of drug-likeness (QED) is 0.482. The van der Waals surface area contributed by atoms with Crippen LogP contribution in [-0.2, 0) is 4.79 Å². The second kappa shape index (κ2) is 11.9. The van der Waals surface area contributed by atoms with E-state index in [1.54, 1.807) is 0 Å². The summed E-state index contributed by atoms with van der Waals surface area (Å²) >= 11 is 5.18. The molecule has 1 aromatic rings. The molecule has 0 spiro atoms. The fourth-order valence-electron chi connectivity index (χ4n) is 2.12. The molecule has 0 aliphatic rings. The van der Waals surface area contributed by atoms with Gasteiger partial charge >= 0.3 is 0 Å². The normalized spacial score (nSPS) is 10.2. The molecular weight excluding hydrogens is 308 g/mol. The van der Waals surface area contributed by atoms with Crippen LogP contribution in [0.2, 0.25) is 0 Å². The van der Waals surface area contributed by atoms with Crippen molar-refractivity contribution < 1.29 is 9.53 Å². The lowest BCUT2D eigenvalue weighted by molar-refractivity contribution is -0.119. The highest BCUT2D eigenvalue weighted by Gasteiger charge is 2.05. The zero-order chi connectivity index (χ0) is 16.9. The zero-order valence-corrected chi connectivity index (χ0v) is 15.0. The molecule has 1 rings (SSSR count). The number of rotatable bonds is 10. The van der Waals surface area contributed by atoms with Crippen molar-refractivity contribution in [1.29, 1.82) is 0 Å². The average Bonchev–Trinajstić information content (AvgIpc) is 2.53. The summed E-state index contributed by atoms with van der Waals surface area (Å²) in [5.74, 6) is 0.763. The molecule has 0 aliphatic heterocycles. The number of hydrogen-bond donors (Lipinski definition) is 2. The number of benzene rings is 1. The van der Waals surface area contributed by atoms with Gasteiger partial charge in [-0.15, -0.1) is 0 Å². The number of hydrogen-bond acceptors (Lipinski definition) is 3. The molecule has 0 heterocycles. The minimum absolute atomic E-state index is 0.0302. The molecule has 0 saturated carbocycles. The lowest BCUT2D eigenvalue weighted by Gasteiger charge is -2.11. The summed E-state index contributed by atoms with van der Waals surface area (Å²) in [4.78, 5) is 11.8. The molecule has 0 fully saturated rings. The Bertz CT molecular complexity index is 492. The number of ether oxygens (including phenoxy) is 1. The van der Waals surface area contributed by atoms with Gasteiger partial charge < -0.3 is 15.4 Å². The first-order chi connectivity index (χ1) is 11.2. The summed E-state index contributed by atoms with van der Waals surface area (Å²) in [5, 5.41) is 6.07. The van der Waals surface area contributed by atoms with Crippen LogP contribution in [0, 0.1) is 0 Å². The van der Waals surface area contributed by atoms with Gasteiger partial charge in [-0.25, -0.2) is 0 Å². The van der Waals surface area contributed by atoms with Crippen molar-refractivity contribution in [3.63, 3.8) is 0 Å². The van der Waals surface area contributed by atoms with Gasteiger partial charge in [0.25, 0.3) is 0 Å². The molecule has 4 nitrogen and oxygen atoms in total. The molecule has 0 aliphatic carbocycles.